The fourth-order valence-electron chi connectivity index (χ4n) is 2.82. The summed E-state index contributed by atoms with van der Waals surface area (Å²) in [5.74, 6) is 0.149. The van der Waals surface area contributed by atoms with Crippen LogP contribution in [0.4, 0.5) is 0 Å². The van der Waals surface area contributed by atoms with Crippen molar-refractivity contribution in [3.63, 3.8) is 0 Å². The molecule has 0 fully saturated rings. The third-order valence-corrected chi connectivity index (χ3v) is 6.49. The van der Waals surface area contributed by atoms with Crippen LogP contribution in [0.1, 0.15) is 44.2 Å². The number of carbonyl (C=O) groups excluding carboxylic acids is 1. The lowest BCUT2D eigenvalue weighted by atomic mass is 10.2. The van der Waals surface area contributed by atoms with E-state index in [4.69, 9.17) is 0 Å². The van der Waals surface area contributed by atoms with Crippen molar-refractivity contribution < 1.29 is 4.79 Å². The van der Waals surface area contributed by atoms with Crippen molar-refractivity contribution in [2.75, 3.05) is 5.75 Å². The molecule has 7 heteroatoms. The highest BCUT2D eigenvalue weighted by molar-refractivity contribution is 7.99. The predicted molar refractivity (Wildman–Crippen MR) is 113 cm³/mol. The van der Waals surface area contributed by atoms with Crippen molar-refractivity contribution in [1.29, 1.82) is 0 Å². The van der Waals surface area contributed by atoms with Crippen molar-refractivity contribution in [2.45, 2.75) is 44.4 Å². The molecule has 0 spiro atoms. The van der Waals surface area contributed by atoms with E-state index in [-0.39, 0.29) is 29.3 Å². The quantitative estimate of drug-likeness (QED) is 0.471. The van der Waals surface area contributed by atoms with Gasteiger partial charge in [-0.2, -0.15) is 0 Å². The number of carbonyl (C=O) groups is 1. The van der Waals surface area contributed by atoms with E-state index in [0.717, 1.165) is 11.3 Å². The van der Waals surface area contributed by atoms with Crippen molar-refractivity contribution in [2.24, 2.45) is 0 Å². The second-order valence-electron chi connectivity index (χ2n) is 6.44. The van der Waals surface area contributed by atoms with Gasteiger partial charge in [0.25, 0.3) is 5.56 Å². The molecule has 1 amide bonds. The Bertz CT molecular complexity index is 983. The Hall–Kier alpha value is -2.12. The highest BCUT2D eigenvalue weighted by atomic mass is 32.2. The molecule has 0 radical (unpaired) electrons. The third kappa shape index (κ3) is 4.42. The van der Waals surface area contributed by atoms with E-state index in [1.165, 1.54) is 11.8 Å². The molecule has 0 saturated carbocycles. The number of nitrogens with one attached hydrogen (secondary N) is 1. The van der Waals surface area contributed by atoms with Crippen LogP contribution < -0.4 is 10.9 Å². The molecule has 0 aliphatic heterocycles. The van der Waals surface area contributed by atoms with Gasteiger partial charge >= 0.3 is 0 Å². The fraction of sp³-hybridized carbons (Fsp3) is 0.350. The molecular formula is C20H23N3O2S2. The maximum absolute atomic E-state index is 12.9. The number of rotatable bonds is 7. The SMILES string of the molecule is CC[C@@H](C)n1c(SCC(=O)N[C@H](C)c2cccs2)nc2ccccc2c1=O. The Morgan fingerprint density at radius 3 is 2.74 bits per heavy atom. The van der Waals surface area contributed by atoms with Crippen molar-refractivity contribution >= 4 is 39.9 Å². The summed E-state index contributed by atoms with van der Waals surface area (Å²) in [6, 6.07) is 11.3. The van der Waals surface area contributed by atoms with Crippen LogP contribution in [0.5, 0.6) is 0 Å². The van der Waals surface area contributed by atoms with Crippen molar-refractivity contribution in [3.8, 4) is 0 Å². The highest BCUT2D eigenvalue weighted by Gasteiger charge is 2.17. The van der Waals surface area contributed by atoms with Crippen molar-refractivity contribution in [1.82, 2.24) is 14.9 Å². The first-order valence-electron chi connectivity index (χ1n) is 8.98. The Morgan fingerprint density at radius 1 is 1.26 bits per heavy atom. The van der Waals surface area contributed by atoms with E-state index >= 15 is 0 Å². The molecule has 0 bridgehead atoms. The Morgan fingerprint density at radius 2 is 2.04 bits per heavy atom. The van der Waals surface area contributed by atoms with E-state index in [9.17, 15) is 9.59 Å². The summed E-state index contributed by atoms with van der Waals surface area (Å²) < 4.78 is 1.71. The normalized spacial score (nSPS) is 13.4. The van der Waals surface area contributed by atoms with Gasteiger partial charge in [-0.25, -0.2) is 4.98 Å². The summed E-state index contributed by atoms with van der Waals surface area (Å²) >= 11 is 2.93. The van der Waals surface area contributed by atoms with Gasteiger partial charge < -0.3 is 5.32 Å². The molecule has 27 heavy (non-hydrogen) atoms. The minimum atomic E-state index is -0.0704. The predicted octanol–water partition coefficient (Wildman–Crippen LogP) is 4.40. The minimum Gasteiger partial charge on any atom is -0.348 e. The van der Waals surface area contributed by atoms with Crippen LogP contribution in [-0.2, 0) is 4.79 Å². The third-order valence-electron chi connectivity index (χ3n) is 4.49. The summed E-state index contributed by atoms with van der Waals surface area (Å²) in [4.78, 5) is 31.1. The second-order valence-corrected chi connectivity index (χ2v) is 8.36. The standard InChI is InChI=1S/C20H23N3O2S2/c1-4-13(2)23-19(25)15-8-5-6-9-16(15)22-20(23)27-12-18(24)21-14(3)17-10-7-11-26-17/h5-11,13-14H,4,12H2,1-3H3,(H,21,24)/t13-,14-/m1/s1. The first-order valence-corrected chi connectivity index (χ1v) is 10.8. The highest BCUT2D eigenvalue weighted by Crippen LogP contribution is 2.23. The number of hydrogen-bond donors (Lipinski definition) is 1. The second kappa shape index (κ2) is 8.71. The van der Waals surface area contributed by atoms with Crippen LogP contribution in [0.2, 0.25) is 0 Å². The number of fused-ring (bicyclic) bond motifs is 1. The van der Waals surface area contributed by atoms with E-state index in [0.29, 0.717) is 16.1 Å². The summed E-state index contributed by atoms with van der Waals surface area (Å²) in [6.45, 7) is 6.01. The van der Waals surface area contributed by atoms with Gasteiger partial charge in [-0.3, -0.25) is 14.2 Å². The molecule has 2 aromatic heterocycles. The maximum atomic E-state index is 12.9. The van der Waals surface area contributed by atoms with Crippen LogP contribution in [0.3, 0.4) is 0 Å². The van der Waals surface area contributed by atoms with Crippen LogP contribution in [0.25, 0.3) is 10.9 Å². The Labute approximate surface area is 166 Å². The number of benzene rings is 1. The van der Waals surface area contributed by atoms with E-state index in [1.54, 1.807) is 22.0 Å². The van der Waals surface area contributed by atoms with Crippen molar-refractivity contribution in [3.05, 3.63) is 57.0 Å². The minimum absolute atomic E-state index is 0.0187. The number of thiophene rings is 1. The largest absolute Gasteiger partial charge is 0.348 e. The number of nitrogens with zero attached hydrogens (tertiary/aromatic N) is 2. The van der Waals surface area contributed by atoms with E-state index in [1.807, 2.05) is 56.5 Å². The van der Waals surface area contributed by atoms with Gasteiger partial charge in [0.15, 0.2) is 5.16 Å². The Balaban J connectivity index is 1.81. The van der Waals surface area contributed by atoms with Crippen LogP contribution in [-0.4, -0.2) is 21.2 Å². The topological polar surface area (TPSA) is 64.0 Å². The average Bonchev–Trinajstić information content (AvgIpc) is 3.21. The van der Waals surface area contributed by atoms with Gasteiger partial charge in [-0.1, -0.05) is 36.9 Å². The number of amides is 1. The lowest BCUT2D eigenvalue weighted by molar-refractivity contribution is -0.119. The van der Waals surface area contributed by atoms with Crippen LogP contribution in [0.15, 0.2) is 51.7 Å². The maximum Gasteiger partial charge on any atom is 0.262 e. The molecule has 0 saturated heterocycles. The summed E-state index contributed by atoms with van der Waals surface area (Å²) in [5.41, 5.74) is 0.613. The zero-order valence-corrected chi connectivity index (χ0v) is 17.3. The zero-order chi connectivity index (χ0) is 19.4. The van der Waals surface area contributed by atoms with E-state index < -0.39 is 0 Å². The molecule has 3 rings (SSSR count). The molecule has 0 aliphatic carbocycles. The molecule has 2 heterocycles. The van der Waals surface area contributed by atoms with Gasteiger partial charge in [-0.15, -0.1) is 11.3 Å². The monoisotopic (exact) mass is 401 g/mol. The first kappa shape index (κ1) is 19.6. The molecule has 0 unspecified atom stereocenters. The van der Waals surface area contributed by atoms with Gasteiger partial charge in [-0.05, 0) is 43.8 Å². The molecule has 0 aliphatic rings. The summed E-state index contributed by atoms with van der Waals surface area (Å²) in [5, 5.41) is 6.20. The van der Waals surface area contributed by atoms with E-state index in [2.05, 4.69) is 10.3 Å². The Kier molecular flexibility index (Phi) is 6.34. The lowest BCUT2D eigenvalue weighted by Crippen LogP contribution is -2.29. The number of hydrogen-bond acceptors (Lipinski definition) is 5. The average molecular weight is 402 g/mol. The van der Waals surface area contributed by atoms with Gasteiger partial charge in [0.05, 0.1) is 22.7 Å². The van der Waals surface area contributed by atoms with Crippen LogP contribution in [0, 0.1) is 0 Å². The van der Waals surface area contributed by atoms with Gasteiger partial charge in [0.2, 0.25) is 5.91 Å². The number of thioether (sulfide) groups is 1. The molecular weight excluding hydrogens is 378 g/mol. The van der Waals surface area contributed by atoms with Crippen LogP contribution >= 0.6 is 23.1 Å². The zero-order valence-electron chi connectivity index (χ0n) is 15.6. The molecule has 1 N–H and O–H groups in total. The lowest BCUT2D eigenvalue weighted by Gasteiger charge is -2.18. The van der Waals surface area contributed by atoms with Gasteiger partial charge in [0.1, 0.15) is 0 Å². The summed E-state index contributed by atoms with van der Waals surface area (Å²) in [6.07, 6.45) is 0.815. The molecule has 3 aromatic rings. The first-order chi connectivity index (χ1) is 13.0. The molecule has 5 nitrogen and oxygen atoms in total. The molecule has 142 valence electrons. The fourth-order valence-corrected chi connectivity index (χ4v) is 4.46. The summed E-state index contributed by atoms with van der Waals surface area (Å²) in [7, 11) is 0. The van der Waals surface area contributed by atoms with Gasteiger partial charge in [0, 0.05) is 10.9 Å². The number of para-hydroxylation sites is 1. The number of aromatic nitrogens is 2. The molecule has 2 atom stereocenters. The molecule has 1 aromatic carbocycles. The smallest absolute Gasteiger partial charge is 0.262 e.